The van der Waals surface area contributed by atoms with Gasteiger partial charge in [-0.1, -0.05) is 19.8 Å². The van der Waals surface area contributed by atoms with Crippen LogP contribution >= 0.6 is 0 Å². The van der Waals surface area contributed by atoms with Gasteiger partial charge in [0.25, 0.3) is 0 Å². The van der Waals surface area contributed by atoms with Crippen molar-refractivity contribution in [2.24, 2.45) is 5.73 Å². The molecule has 13 heavy (non-hydrogen) atoms. The van der Waals surface area contributed by atoms with E-state index in [9.17, 15) is 4.79 Å². The average Bonchev–Trinajstić information content (AvgIpc) is 1.98. The van der Waals surface area contributed by atoms with Gasteiger partial charge in [-0.05, 0) is 20.3 Å². The summed E-state index contributed by atoms with van der Waals surface area (Å²) in [6, 6.07) is 0.240. The van der Waals surface area contributed by atoms with Crippen molar-refractivity contribution >= 4 is 5.91 Å². The number of hydrogen-bond acceptors (Lipinski definition) is 2. The van der Waals surface area contributed by atoms with E-state index >= 15 is 0 Å². The van der Waals surface area contributed by atoms with Gasteiger partial charge in [-0.2, -0.15) is 0 Å². The summed E-state index contributed by atoms with van der Waals surface area (Å²) >= 11 is 0. The molecule has 0 aliphatic heterocycles. The Bertz CT molecular complexity index is 146. The molecule has 2 unspecified atom stereocenters. The largest absolute Gasteiger partial charge is 0.354 e. The lowest BCUT2D eigenvalue weighted by molar-refractivity contribution is -0.121. The molecule has 0 aromatic heterocycles. The van der Waals surface area contributed by atoms with Crippen LogP contribution in [0, 0.1) is 0 Å². The summed E-state index contributed by atoms with van der Waals surface area (Å²) in [5.74, 6) is 0.0682. The van der Waals surface area contributed by atoms with Crippen molar-refractivity contribution in [3.63, 3.8) is 0 Å². The number of amides is 1. The summed E-state index contributed by atoms with van der Waals surface area (Å²) in [5, 5.41) is 2.93. The third-order valence-corrected chi connectivity index (χ3v) is 1.91. The lowest BCUT2D eigenvalue weighted by Crippen LogP contribution is -2.35. The predicted molar refractivity (Wildman–Crippen MR) is 55.4 cm³/mol. The van der Waals surface area contributed by atoms with Gasteiger partial charge in [0.1, 0.15) is 0 Å². The van der Waals surface area contributed by atoms with Crippen LogP contribution in [-0.4, -0.2) is 18.0 Å². The zero-order chi connectivity index (χ0) is 10.3. The molecule has 0 radical (unpaired) electrons. The second-order valence-electron chi connectivity index (χ2n) is 3.79. The van der Waals surface area contributed by atoms with Crippen LogP contribution in [0.2, 0.25) is 0 Å². The van der Waals surface area contributed by atoms with Crippen molar-refractivity contribution in [2.45, 2.75) is 58.5 Å². The summed E-state index contributed by atoms with van der Waals surface area (Å²) in [4.78, 5) is 11.2. The molecule has 0 aliphatic rings. The van der Waals surface area contributed by atoms with E-state index in [4.69, 9.17) is 5.73 Å². The monoisotopic (exact) mass is 186 g/mol. The fraction of sp³-hybridized carbons (Fsp3) is 0.900. The zero-order valence-corrected chi connectivity index (χ0v) is 8.97. The lowest BCUT2D eigenvalue weighted by atomic mass is 10.1. The first-order chi connectivity index (χ1) is 6.06. The van der Waals surface area contributed by atoms with Gasteiger partial charge in [-0.15, -0.1) is 0 Å². The molecule has 0 fully saturated rings. The van der Waals surface area contributed by atoms with E-state index in [-0.39, 0.29) is 18.0 Å². The molecular weight excluding hydrogens is 164 g/mol. The standard InChI is InChI=1S/C10H22N2O/c1-4-5-6-9(3)12-10(13)7-8(2)11/h8-9H,4-7,11H2,1-3H3,(H,12,13). The fourth-order valence-electron chi connectivity index (χ4n) is 1.21. The van der Waals surface area contributed by atoms with Crippen molar-refractivity contribution in [1.82, 2.24) is 5.32 Å². The molecule has 0 saturated carbocycles. The van der Waals surface area contributed by atoms with Crippen LogP contribution in [0.4, 0.5) is 0 Å². The van der Waals surface area contributed by atoms with Crippen molar-refractivity contribution in [1.29, 1.82) is 0 Å². The molecule has 0 saturated heterocycles. The van der Waals surface area contributed by atoms with Gasteiger partial charge in [0.2, 0.25) is 5.91 Å². The first-order valence-corrected chi connectivity index (χ1v) is 5.11. The molecule has 0 aliphatic carbocycles. The molecule has 2 atom stereocenters. The molecule has 0 aromatic carbocycles. The smallest absolute Gasteiger partial charge is 0.221 e. The van der Waals surface area contributed by atoms with Gasteiger partial charge >= 0.3 is 0 Å². The van der Waals surface area contributed by atoms with E-state index in [1.165, 1.54) is 12.8 Å². The third-order valence-electron chi connectivity index (χ3n) is 1.91. The van der Waals surface area contributed by atoms with Crippen LogP contribution in [-0.2, 0) is 4.79 Å². The normalized spacial score (nSPS) is 15.1. The van der Waals surface area contributed by atoms with Crippen LogP contribution in [0.1, 0.15) is 46.5 Å². The molecule has 78 valence electrons. The van der Waals surface area contributed by atoms with Gasteiger partial charge < -0.3 is 11.1 Å². The highest BCUT2D eigenvalue weighted by atomic mass is 16.1. The Balaban J connectivity index is 3.53. The number of carbonyl (C=O) groups is 1. The van der Waals surface area contributed by atoms with E-state index in [1.807, 2.05) is 13.8 Å². The fourth-order valence-corrected chi connectivity index (χ4v) is 1.21. The third kappa shape index (κ3) is 7.78. The maximum atomic E-state index is 11.2. The molecule has 3 nitrogen and oxygen atoms in total. The average molecular weight is 186 g/mol. The van der Waals surface area contributed by atoms with E-state index in [0.29, 0.717) is 6.42 Å². The second kappa shape index (κ2) is 6.89. The van der Waals surface area contributed by atoms with Crippen molar-refractivity contribution in [2.75, 3.05) is 0 Å². The predicted octanol–water partition coefficient (Wildman–Crippen LogP) is 1.42. The van der Waals surface area contributed by atoms with Gasteiger partial charge in [-0.3, -0.25) is 4.79 Å². The SMILES string of the molecule is CCCCC(C)NC(=O)CC(C)N. The minimum Gasteiger partial charge on any atom is -0.354 e. The minimum atomic E-state index is -0.0432. The Morgan fingerprint density at radius 3 is 2.54 bits per heavy atom. The number of nitrogens with one attached hydrogen (secondary N) is 1. The molecule has 3 N–H and O–H groups in total. The van der Waals surface area contributed by atoms with Gasteiger partial charge in [-0.25, -0.2) is 0 Å². The molecule has 0 rings (SSSR count). The summed E-state index contributed by atoms with van der Waals surface area (Å²) in [5.41, 5.74) is 5.51. The van der Waals surface area contributed by atoms with E-state index < -0.39 is 0 Å². The van der Waals surface area contributed by atoms with Crippen LogP contribution in [0.3, 0.4) is 0 Å². The first-order valence-electron chi connectivity index (χ1n) is 5.11. The van der Waals surface area contributed by atoms with Crippen LogP contribution in [0.5, 0.6) is 0 Å². The number of hydrogen-bond donors (Lipinski definition) is 2. The summed E-state index contributed by atoms with van der Waals surface area (Å²) in [6.45, 7) is 6.03. The van der Waals surface area contributed by atoms with Crippen molar-refractivity contribution in [3.05, 3.63) is 0 Å². The molecule has 0 heterocycles. The van der Waals surface area contributed by atoms with Crippen LogP contribution < -0.4 is 11.1 Å². The highest BCUT2D eigenvalue weighted by Gasteiger charge is 2.08. The number of unbranched alkanes of at least 4 members (excludes halogenated alkanes) is 1. The molecule has 0 bridgehead atoms. The lowest BCUT2D eigenvalue weighted by Gasteiger charge is -2.14. The van der Waals surface area contributed by atoms with Crippen LogP contribution in [0.15, 0.2) is 0 Å². The molecule has 0 aromatic rings. The summed E-state index contributed by atoms with van der Waals surface area (Å²) in [6.07, 6.45) is 3.82. The van der Waals surface area contributed by atoms with Gasteiger partial charge in [0, 0.05) is 18.5 Å². The number of carbonyl (C=O) groups excluding carboxylic acids is 1. The quantitative estimate of drug-likeness (QED) is 0.659. The topological polar surface area (TPSA) is 55.1 Å². The molecule has 0 spiro atoms. The van der Waals surface area contributed by atoms with Crippen molar-refractivity contribution in [3.8, 4) is 0 Å². The highest BCUT2D eigenvalue weighted by Crippen LogP contribution is 1.99. The first kappa shape index (κ1) is 12.4. The summed E-state index contributed by atoms with van der Waals surface area (Å²) < 4.78 is 0. The number of rotatable bonds is 6. The molecule has 1 amide bonds. The maximum Gasteiger partial charge on any atom is 0.221 e. The Labute approximate surface area is 81.1 Å². The second-order valence-corrected chi connectivity index (χ2v) is 3.79. The number of nitrogens with two attached hydrogens (primary N) is 1. The summed E-state index contributed by atoms with van der Waals surface area (Å²) in [7, 11) is 0. The van der Waals surface area contributed by atoms with Gasteiger partial charge in [0.15, 0.2) is 0 Å². The van der Waals surface area contributed by atoms with E-state index in [2.05, 4.69) is 12.2 Å². The van der Waals surface area contributed by atoms with E-state index in [0.717, 1.165) is 6.42 Å². The molecule has 3 heteroatoms. The minimum absolute atomic E-state index is 0.0432. The Hall–Kier alpha value is -0.570. The Morgan fingerprint density at radius 2 is 2.08 bits per heavy atom. The van der Waals surface area contributed by atoms with Crippen molar-refractivity contribution < 1.29 is 4.79 Å². The Kier molecular flexibility index (Phi) is 6.59. The van der Waals surface area contributed by atoms with E-state index in [1.54, 1.807) is 0 Å². The Morgan fingerprint density at radius 1 is 1.46 bits per heavy atom. The molecular formula is C10H22N2O. The zero-order valence-electron chi connectivity index (χ0n) is 8.97. The highest BCUT2D eigenvalue weighted by molar-refractivity contribution is 5.76. The maximum absolute atomic E-state index is 11.2. The van der Waals surface area contributed by atoms with Crippen LogP contribution in [0.25, 0.3) is 0 Å². The van der Waals surface area contributed by atoms with Gasteiger partial charge in [0.05, 0.1) is 0 Å².